The van der Waals surface area contributed by atoms with Gasteiger partial charge in [-0.3, -0.25) is 0 Å². The highest BCUT2D eigenvalue weighted by Crippen LogP contribution is 2.29. The molecule has 0 aliphatic rings. The van der Waals surface area contributed by atoms with Gasteiger partial charge in [-0.25, -0.2) is 0 Å². The number of ether oxygens (including phenoxy) is 1. The summed E-state index contributed by atoms with van der Waals surface area (Å²) >= 11 is 6.06. The molecule has 2 aromatic carbocycles. The Kier molecular flexibility index (Phi) is 3.01. The number of halogens is 1. The van der Waals surface area contributed by atoms with E-state index in [4.69, 9.17) is 20.8 Å². The summed E-state index contributed by atoms with van der Waals surface area (Å²) in [5.41, 5.74) is 2.34. The molecule has 0 saturated heterocycles. The summed E-state index contributed by atoms with van der Waals surface area (Å²) in [6, 6.07) is 13.4. The first-order chi connectivity index (χ1) is 9.26. The SMILES string of the molecule is COc1ccc(Nc2nc3ccccc3o2)cc1Cl. The van der Waals surface area contributed by atoms with Gasteiger partial charge in [0.2, 0.25) is 0 Å². The van der Waals surface area contributed by atoms with Gasteiger partial charge >= 0.3 is 0 Å². The van der Waals surface area contributed by atoms with Crippen molar-refractivity contribution in [3.63, 3.8) is 0 Å². The molecule has 0 saturated carbocycles. The third kappa shape index (κ3) is 2.35. The number of oxazole rings is 1. The maximum Gasteiger partial charge on any atom is 0.300 e. The molecule has 3 rings (SSSR count). The van der Waals surface area contributed by atoms with Crippen LogP contribution in [0.2, 0.25) is 5.02 Å². The summed E-state index contributed by atoms with van der Waals surface area (Å²) in [5, 5.41) is 3.60. The molecule has 1 heterocycles. The number of anilines is 2. The van der Waals surface area contributed by atoms with Gasteiger partial charge in [-0.2, -0.15) is 4.98 Å². The van der Waals surface area contributed by atoms with E-state index in [-0.39, 0.29) is 0 Å². The molecule has 0 radical (unpaired) electrons. The van der Waals surface area contributed by atoms with Crippen molar-refractivity contribution >= 4 is 34.4 Å². The van der Waals surface area contributed by atoms with E-state index in [2.05, 4.69) is 10.3 Å². The van der Waals surface area contributed by atoms with Crippen LogP contribution in [0, 0.1) is 0 Å². The highest BCUT2D eigenvalue weighted by molar-refractivity contribution is 6.32. The van der Waals surface area contributed by atoms with Crippen LogP contribution in [0.1, 0.15) is 0 Å². The predicted molar refractivity (Wildman–Crippen MR) is 75.3 cm³/mol. The van der Waals surface area contributed by atoms with Crippen molar-refractivity contribution < 1.29 is 9.15 Å². The number of benzene rings is 2. The zero-order valence-corrected chi connectivity index (χ0v) is 10.9. The minimum atomic E-state index is 0.433. The van der Waals surface area contributed by atoms with Crippen LogP contribution in [0.4, 0.5) is 11.7 Å². The van der Waals surface area contributed by atoms with Crippen molar-refractivity contribution in [2.45, 2.75) is 0 Å². The molecule has 96 valence electrons. The highest BCUT2D eigenvalue weighted by Gasteiger charge is 2.07. The van der Waals surface area contributed by atoms with E-state index in [1.807, 2.05) is 30.3 Å². The van der Waals surface area contributed by atoms with E-state index in [9.17, 15) is 0 Å². The molecule has 0 aliphatic carbocycles. The molecule has 0 spiro atoms. The van der Waals surface area contributed by atoms with Crippen LogP contribution in [0.15, 0.2) is 46.9 Å². The molecule has 0 bridgehead atoms. The fourth-order valence-corrected chi connectivity index (χ4v) is 2.05. The minimum Gasteiger partial charge on any atom is -0.495 e. The number of methoxy groups -OCH3 is 1. The van der Waals surface area contributed by atoms with Gasteiger partial charge in [-0.1, -0.05) is 23.7 Å². The molecule has 1 N–H and O–H groups in total. The lowest BCUT2D eigenvalue weighted by Gasteiger charge is -2.05. The van der Waals surface area contributed by atoms with Gasteiger partial charge < -0.3 is 14.5 Å². The van der Waals surface area contributed by atoms with E-state index in [0.717, 1.165) is 16.8 Å². The van der Waals surface area contributed by atoms with Crippen LogP contribution in [-0.2, 0) is 0 Å². The number of nitrogens with zero attached hydrogens (tertiary/aromatic N) is 1. The Morgan fingerprint density at radius 3 is 2.79 bits per heavy atom. The van der Waals surface area contributed by atoms with Crippen molar-refractivity contribution in [2.24, 2.45) is 0 Å². The van der Waals surface area contributed by atoms with Gasteiger partial charge in [0.1, 0.15) is 11.3 Å². The number of aromatic nitrogens is 1. The summed E-state index contributed by atoms with van der Waals surface area (Å²) in [6.45, 7) is 0. The standard InChI is InChI=1S/C14H11ClN2O2/c1-18-12-7-6-9(8-10(12)15)16-14-17-11-4-2-3-5-13(11)19-14/h2-8H,1H3,(H,16,17). The molecule has 5 heteroatoms. The summed E-state index contributed by atoms with van der Waals surface area (Å²) in [4.78, 5) is 4.33. The molecular formula is C14H11ClN2O2. The Morgan fingerprint density at radius 1 is 1.21 bits per heavy atom. The molecule has 0 amide bonds. The van der Waals surface area contributed by atoms with Crippen LogP contribution in [-0.4, -0.2) is 12.1 Å². The first-order valence-corrected chi connectivity index (χ1v) is 6.10. The zero-order chi connectivity index (χ0) is 13.2. The normalized spacial score (nSPS) is 10.6. The van der Waals surface area contributed by atoms with Gasteiger partial charge in [-0.15, -0.1) is 0 Å². The van der Waals surface area contributed by atoms with Crippen LogP contribution in [0.5, 0.6) is 5.75 Å². The zero-order valence-electron chi connectivity index (χ0n) is 10.2. The Morgan fingerprint density at radius 2 is 2.05 bits per heavy atom. The highest BCUT2D eigenvalue weighted by atomic mass is 35.5. The Balaban J connectivity index is 1.90. The topological polar surface area (TPSA) is 47.3 Å². The average Bonchev–Trinajstić information content (AvgIpc) is 2.81. The second-order valence-corrected chi connectivity index (χ2v) is 4.37. The van der Waals surface area contributed by atoms with E-state index in [0.29, 0.717) is 16.8 Å². The molecule has 0 fully saturated rings. The minimum absolute atomic E-state index is 0.433. The monoisotopic (exact) mass is 274 g/mol. The van der Waals surface area contributed by atoms with Crippen LogP contribution < -0.4 is 10.1 Å². The van der Waals surface area contributed by atoms with Crippen LogP contribution in [0.3, 0.4) is 0 Å². The third-order valence-corrected chi connectivity index (χ3v) is 2.99. The van der Waals surface area contributed by atoms with Gasteiger partial charge in [0.05, 0.1) is 12.1 Å². The summed E-state index contributed by atoms with van der Waals surface area (Å²) < 4.78 is 10.7. The molecular weight excluding hydrogens is 264 g/mol. The Labute approximate surface area is 115 Å². The molecule has 0 atom stereocenters. The number of hydrogen-bond donors (Lipinski definition) is 1. The predicted octanol–water partition coefficient (Wildman–Crippen LogP) is 4.23. The molecule has 4 nitrogen and oxygen atoms in total. The molecule has 3 aromatic rings. The number of para-hydroxylation sites is 2. The molecule has 0 aliphatic heterocycles. The maximum atomic E-state index is 6.06. The smallest absolute Gasteiger partial charge is 0.300 e. The van der Waals surface area contributed by atoms with Crippen molar-refractivity contribution in [3.8, 4) is 5.75 Å². The fourth-order valence-electron chi connectivity index (χ4n) is 1.79. The van der Waals surface area contributed by atoms with E-state index < -0.39 is 0 Å². The van der Waals surface area contributed by atoms with E-state index >= 15 is 0 Å². The lowest BCUT2D eigenvalue weighted by Crippen LogP contribution is -1.91. The summed E-state index contributed by atoms with van der Waals surface area (Å²) in [7, 11) is 1.58. The van der Waals surface area contributed by atoms with Crippen molar-refractivity contribution in [2.75, 3.05) is 12.4 Å². The van der Waals surface area contributed by atoms with Crippen molar-refractivity contribution in [1.29, 1.82) is 0 Å². The Bertz CT molecular complexity index is 691. The number of fused-ring (bicyclic) bond motifs is 1. The van der Waals surface area contributed by atoms with Crippen LogP contribution in [0.25, 0.3) is 11.1 Å². The lowest BCUT2D eigenvalue weighted by atomic mass is 10.3. The molecule has 0 unspecified atom stereocenters. The average molecular weight is 275 g/mol. The van der Waals surface area contributed by atoms with E-state index in [1.165, 1.54) is 0 Å². The number of rotatable bonds is 3. The molecule has 19 heavy (non-hydrogen) atoms. The lowest BCUT2D eigenvalue weighted by molar-refractivity contribution is 0.415. The second-order valence-electron chi connectivity index (χ2n) is 3.96. The summed E-state index contributed by atoms with van der Waals surface area (Å²) in [5.74, 6) is 0.629. The first kappa shape index (κ1) is 11.9. The van der Waals surface area contributed by atoms with E-state index in [1.54, 1.807) is 19.2 Å². The second kappa shape index (κ2) is 4.82. The number of nitrogens with one attached hydrogen (secondary N) is 1. The Hall–Kier alpha value is -2.20. The molecule has 1 aromatic heterocycles. The third-order valence-electron chi connectivity index (χ3n) is 2.70. The van der Waals surface area contributed by atoms with Crippen LogP contribution >= 0.6 is 11.6 Å². The summed E-state index contributed by atoms with van der Waals surface area (Å²) in [6.07, 6.45) is 0. The van der Waals surface area contributed by atoms with Crippen molar-refractivity contribution in [3.05, 3.63) is 47.5 Å². The quantitative estimate of drug-likeness (QED) is 0.776. The maximum absolute atomic E-state index is 6.06. The first-order valence-electron chi connectivity index (χ1n) is 5.72. The van der Waals surface area contributed by atoms with Gasteiger partial charge in [0, 0.05) is 5.69 Å². The van der Waals surface area contributed by atoms with Gasteiger partial charge in [0.25, 0.3) is 6.01 Å². The van der Waals surface area contributed by atoms with Gasteiger partial charge in [-0.05, 0) is 30.3 Å². The van der Waals surface area contributed by atoms with Crippen molar-refractivity contribution in [1.82, 2.24) is 4.98 Å². The fraction of sp³-hybridized carbons (Fsp3) is 0.0714. The largest absolute Gasteiger partial charge is 0.495 e. The number of hydrogen-bond acceptors (Lipinski definition) is 4. The van der Waals surface area contributed by atoms with Gasteiger partial charge in [0.15, 0.2) is 5.58 Å².